The van der Waals surface area contributed by atoms with Crippen molar-refractivity contribution < 1.29 is 22.0 Å². The van der Waals surface area contributed by atoms with Crippen LogP contribution in [0.3, 0.4) is 0 Å². The molecule has 0 unspecified atom stereocenters. The van der Waals surface area contributed by atoms with Gasteiger partial charge in [-0.1, -0.05) is 6.08 Å². The van der Waals surface area contributed by atoms with Gasteiger partial charge in [-0.15, -0.1) is 6.58 Å². The van der Waals surface area contributed by atoms with Crippen LogP contribution in [0.4, 0.5) is 14.5 Å². The molecule has 0 bridgehead atoms. The van der Waals surface area contributed by atoms with Crippen LogP contribution in [0, 0.1) is 11.6 Å². The lowest BCUT2D eigenvalue weighted by Crippen LogP contribution is -2.18. The van der Waals surface area contributed by atoms with Crippen molar-refractivity contribution in [1.82, 2.24) is 9.97 Å². The first-order chi connectivity index (χ1) is 12.7. The van der Waals surface area contributed by atoms with Gasteiger partial charge in [-0.3, -0.25) is 9.52 Å². The topological polar surface area (TPSA) is 91.9 Å². The number of hydrogen-bond donors (Lipinski definition) is 2. The maximum Gasteiger partial charge on any atom is 0.236 e. The van der Waals surface area contributed by atoms with Crippen molar-refractivity contribution in [2.24, 2.45) is 0 Å². The molecular formula is C17H12BrF2N3O3S. The van der Waals surface area contributed by atoms with E-state index in [2.05, 4.69) is 32.5 Å². The van der Waals surface area contributed by atoms with Crippen LogP contribution in [0.15, 0.2) is 47.7 Å². The van der Waals surface area contributed by atoms with Gasteiger partial charge >= 0.3 is 0 Å². The third-order valence-corrected chi connectivity index (χ3v) is 5.30. The molecule has 0 fully saturated rings. The summed E-state index contributed by atoms with van der Waals surface area (Å²) in [6, 6.07) is 3.32. The van der Waals surface area contributed by atoms with Crippen molar-refractivity contribution in [3.63, 3.8) is 0 Å². The second-order valence-electron chi connectivity index (χ2n) is 5.54. The van der Waals surface area contributed by atoms with E-state index < -0.39 is 44.4 Å². The Hall–Kier alpha value is -2.59. The summed E-state index contributed by atoms with van der Waals surface area (Å²) in [5.74, 6) is -3.82. The van der Waals surface area contributed by atoms with Crippen molar-refractivity contribution in [2.45, 2.75) is 0 Å². The number of nitrogens with one attached hydrogen (secondary N) is 2. The van der Waals surface area contributed by atoms with Crippen molar-refractivity contribution in [3.8, 4) is 0 Å². The number of aromatic amines is 1. The molecular weight excluding hydrogens is 444 g/mol. The molecule has 2 N–H and O–H groups in total. The van der Waals surface area contributed by atoms with E-state index in [0.29, 0.717) is 15.5 Å². The van der Waals surface area contributed by atoms with Crippen LogP contribution < -0.4 is 4.72 Å². The van der Waals surface area contributed by atoms with E-state index in [1.165, 1.54) is 12.4 Å². The SMILES string of the molecule is C=CCS(=O)(=O)Nc1ccc(F)c(C(=O)c2c[nH]c3ncc(Br)cc23)c1F. The van der Waals surface area contributed by atoms with E-state index >= 15 is 0 Å². The monoisotopic (exact) mass is 455 g/mol. The molecule has 6 nitrogen and oxygen atoms in total. The zero-order valence-corrected chi connectivity index (χ0v) is 16.0. The number of carbonyl (C=O) groups is 1. The molecule has 1 aromatic carbocycles. The van der Waals surface area contributed by atoms with Gasteiger partial charge < -0.3 is 4.98 Å². The van der Waals surface area contributed by atoms with Crippen molar-refractivity contribution in [1.29, 1.82) is 0 Å². The Kier molecular flexibility index (Phi) is 5.11. The van der Waals surface area contributed by atoms with Crippen molar-refractivity contribution >= 4 is 48.5 Å². The molecule has 0 aliphatic carbocycles. The smallest absolute Gasteiger partial charge is 0.236 e. The molecule has 0 radical (unpaired) electrons. The standard InChI is InChI=1S/C17H12BrF2N3O3S/c1-2-5-27(25,26)23-13-4-3-12(19)14(15(13)20)16(24)11-8-22-17-10(11)6-9(18)7-21-17/h2-4,6-8,23H,1,5H2,(H,21,22). The number of pyridine rings is 1. The van der Waals surface area contributed by atoms with E-state index in [4.69, 9.17) is 0 Å². The summed E-state index contributed by atoms with van der Waals surface area (Å²) >= 11 is 3.22. The first kappa shape index (κ1) is 19.2. The maximum atomic E-state index is 14.8. The number of anilines is 1. The van der Waals surface area contributed by atoms with E-state index in [9.17, 15) is 22.0 Å². The van der Waals surface area contributed by atoms with Gasteiger partial charge in [-0.2, -0.15) is 0 Å². The molecule has 0 saturated carbocycles. The Bertz CT molecular complexity index is 1180. The fourth-order valence-corrected chi connectivity index (χ4v) is 3.72. The van der Waals surface area contributed by atoms with Crippen molar-refractivity contribution in [3.05, 3.63) is 70.5 Å². The lowest BCUT2D eigenvalue weighted by Gasteiger charge is -2.11. The lowest BCUT2D eigenvalue weighted by atomic mass is 10.0. The number of fused-ring (bicyclic) bond motifs is 1. The largest absolute Gasteiger partial charge is 0.345 e. The highest BCUT2D eigenvalue weighted by Gasteiger charge is 2.25. The maximum absolute atomic E-state index is 14.8. The molecule has 0 spiro atoms. The number of aromatic nitrogens is 2. The van der Waals surface area contributed by atoms with Gasteiger partial charge in [0.1, 0.15) is 11.5 Å². The second-order valence-corrected chi connectivity index (χ2v) is 8.22. The highest BCUT2D eigenvalue weighted by atomic mass is 79.9. The Balaban J connectivity index is 2.10. The summed E-state index contributed by atoms with van der Waals surface area (Å²) in [6.07, 6.45) is 3.91. The van der Waals surface area contributed by atoms with Gasteiger partial charge in [0, 0.05) is 27.8 Å². The number of benzene rings is 1. The quantitative estimate of drug-likeness (QED) is 0.437. The van der Waals surface area contributed by atoms with Crippen LogP contribution in [0.2, 0.25) is 0 Å². The van der Waals surface area contributed by atoms with Gasteiger partial charge in [0.05, 0.1) is 17.0 Å². The van der Waals surface area contributed by atoms with Crippen LogP contribution >= 0.6 is 15.9 Å². The Labute approximate surface area is 161 Å². The first-order valence-electron chi connectivity index (χ1n) is 7.50. The molecule has 27 heavy (non-hydrogen) atoms. The van der Waals surface area contributed by atoms with Gasteiger partial charge in [0.15, 0.2) is 5.82 Å². The molecule has 0 saturated heterocycles. The van der Waals surface area contributed by atoms with E-state index in [-0.39, 0.29) is 5.56 Å². The summed E-state index contributed by atoms with van der Waals surface area (Å²) in [5.41, 5.74) is -1.02. The van der Waals surface area contributed by atoms with E-state index in [1.807, 2.05) is 4.72 Å². The molecule has 0 aliphatic rings. The Morgan fingerprint density at radius 1 is 1.37 bits per heavy atom. The van der Waals surface area contributed by atoms with Crippen LogP contribution in [0.25, 0.3) is 11.0 Å². The van der Waals surface area contributed by atoms with Gasteiger partial charge in [-0.05, 0) is 34.1 Å². The molecule has 0 atom stereocenters. The molecule has 2 aromatic heterocycles. The summed E-state index contributed by atoms with van der Waals surface area (Å²) in [4.78, 5) is 19.6. The number of hydrogen-bond acceptors (Lipinski definition) is 4. The molecule has 0 aliphatic heterocycles. The van der Waals surface area contributed by atoms with Crippen LogP contribution in [-0.2, 0) is 10.0 Å². The zero-order chi connectivity index (χ0) is 19.8. The van der Waals surface area contributed by atoms with E-state index in [1.54, 1.807) is 6.07 Å². The second kappa shape index (κ2) is 7.20. The number of rotatable bonds is 6. The molecule has 3 aromatic rings. The highest BCUT2D eigenvalue weighted by molar-refractivity contribution is 9.10. The minimum absolute atomic E-state index is 0.00250. The molecule has 140 valence electrons. The fourth-order valence-electron chi connectivity index (χ4n) is 2.50. The minimum atomic E-state index is -3.92. The number of halogens is 3. The predicted molar refractivity (Wildman–Crippen MR) is 101 cm³/mol. The fraction of sp³-hybridized carbons (Fsp3) is 0.0588. The number of H-pyrrole nitrogens is 1. The zero-order valence-electron chi connectivity index (χ0n) is 13.6. The number of sulfonamides is 1. The van der Waals surface area contributed by atoms with Crippen molar-refractivity contribution in [2.75, 3.05) is 10.5 Å². The molecule has 2 heterocycles. The number of ketones is 1. The predicted octanol–water partition coefficient (Wildman–Crippen LogP) is 3.76. The van der Waals surface area contributed by atoms with E-state index in [0.717, 1.165) is 18.2 Å². The molecule has 3 rings (SSSR count). The average molecular weight is 456 g/mol. The summed E-state index contributed by atoms with van der Waals surface area (Å²) in [5, 5.41) is 0.366. The number of nitrogens with zero attached hydrogens (tertiary/aromatic N) is 1. The van der Waals surface area contributed by atoms with Gasteiger partial charge in [-0.25, -0.2) is 22.2 Å². The summed E-state index contributed by atoms with van der Waals surface area (Å²) in [6.45, 7) is 3.30. The van der Waals surface area contributed by atoms with Gasteiger partial charge in [0.25, 0.3) is 0 Å². The van der Waals surface area contributed by atoms with Crippen LogP contribution in [0.5, 0.6) is 0 Å². The third-order valence-electron chi connectivity index (χ3n) is 3.66. The number of carbonyl (C=O) groups excluding carboxylic acids is 1. The lowest BCUT2D eigenvalue weighted by molar-refractivity contribution is 0.103. The molecule has 10 heteroatoms. The van der Waals surface area contributed by atoms with Gasteiger partial charge in [0.2, 0.25) is 15.8 Å². The summed E-state index contributed by atoms with van der Waals surface area (Å²) < 4.78 is 55.2. The van der Waals surface area contributed by atoms with Crippen LogP contribution in [0.1, 0.15) is 15.9 Å². The Morgan fingerprint density at radius 3 is 2.81 bits per heavy atom. The normalized spacial score (nSPS) is 11.5. The third kappa shape index (κ3) is 3.76. The minimum Gasteiger partial charge on any atom is -0.345 e. The molecule has 0 amide bonds. The Morgan fingerprint density at radius 2 is 2.11 bits per heavy atom. The van der Waals surface area contributed by atoms with Crippen LogP contribution in [-0.4, -0.2) is 29.9 Å². The average Bonchev–Trinajstić information content (AvgIpc) is 3.00. The highest BCUT2D eigenvalue weighted by Crippen LogP contribution is 2.28. The first-order valence-corrected chi connectivity index (χ1v) is 9.94. The summed E-state index contributed by atoms with van der Waals surface area (Å²) in [7, 11) is -3.92.